The molecule has 1 atom stereocenters. The van der Waals surface area contributed by atoms with E-state index in [1.807, 2.05) is 62.5 Å². The number of hydrogen-bond donors (Lipinski definition) is 0. The van der Waals surface area contributed by atoms with Crippen molar-refractivity contribution in [2.75, 3.05) is 7.05 Å². The van der Waals surface area contributed by atoms with Gasteiger partial charge in [-0.05, 0) is 42.8 Å². The fraction of sp³-hybridized carbons (Fsp3) is 0.167. The summed E-state index contributed by atoms with van der Waals surface area (Å²) in [4.78, 5) is 18.3. The van der Waals surface area contributed by atoms with Crippen molar-refractivity contribution < 1.29 is 4.79 Å². The molecule has 0 radical (unpaired) electrons. The van der Waals surface area contributed by atoms with Gasteiger partial charge in [0.2, 0.25) is 0 Å². The molecule has 0 fully saturated rings. The zero-order chi connectivity index (χ0) is 17.1. The van der Waals surface area contributed by atoms with E-state index in [9.17, 15) is 4.79 Å². The molecule has 0 saturated carbocycles. The van der Waals surface area contributed by atoms with E-state index < -0.39 is 0 Å². The van der Waals surface area contributed by atoms with Gasteiger partial charge in [-0.25, -0.2) is 9.67 Å². The largest absolute Gasteiger partial charge is 0.335 e. The third-order valence-electron chi connectivity index (χ3n) is 4.03. The highest BCUT2D eigenvalue weighted by Gasteiger charge is 2.19. The van der Waals surface area contributed by atoms with Crippen LogP contribution >= 0.6 is 15.9 Å². The first-order valence-corrected chi connectivity index (χ1v) is 8.33. The average molecular weight is 385 g/mol. The van der Waals surface area contributed by atoms with Crippen molar-refractivity contribution >= 4 is 21.8 Å². The Hall–Kier alpha value is -2.47. The molecule has 5 nitrogen and oxygen atoms in total. The molecule has 0 aliphatic heterocycles. The quantitative estimate of drug-likeness (QED) is 0.685. The highest BCUT2D eigenvalue weighted by Crippen LogP contribution is 2.23. The third-order valence-corrected chi connectivity index (χ3v) is 4.52. The minimum atomic E-state index is -0.0405. The minimum absolute atomic E-state index is 0.0100. The predicted octanol–water partition coefficient (Wildman–Crippen LogP) is 3.86. The first-order valence-electron chi connectivity index (χ1n) is 7.54. The van der Waals surface area contributed by atoms with Crippen molar-refractivity contribution in [2.24, 2.45) is 0 Å². The van der Waals surface area contributed by atoms with Crippen molar-refractivity contribution in [3.8, 4) is 5.69 Å². The number of benzene rings is 2. The average Bonchev–Trinajstić information content (AvgIpc) is 3.14. The summed E-state index contributed by atoms with van der Waals surface area (Å²) in [6, 6.07) is 15.3. The van der Waals surface area contributed by atoms with Crippen LogP contribution < -0.4 is 0 Å². The van der Waals surface area contributed by atoms with Crippen molar-refractivity contribution in [3.05, 3.63) is 76.8 Å². The SMILES string of the molecule is C[C@H](c1ccc(-n2cncn2)cc1)N(C)C(=O)c1cccc(Br)c1. The summed E-state index contributed by atoms with van der Waals surface area (Å²) < 4.78 is 2.59. The van der Waals surface area contributed by atoms with Gasteiger partial charge in [0, 0.05) is 17.1 Å². The molecule has 1 aromatic heterocycles. The summed E-state index contributed by atoms with van der Waals surface area (Å²) in [6.45, 7) is 2.01. The van der Waals surface area contributed by atoms with Gasteiger partial charge in [-0.2, -0.15) is 5.10 Å². The van der Waals surface area contributed by atoms with Gasteiger partial charge in [-0.15, -0.1) is 0 Å². The van der Waals surface area contributed by atoms with Crippen molar-refractivity contribution in [3.63, 3.8) is 0 Å². The molecule has 0 saturated heterocycles. The Bertz CT molecular complexity index is 830. The van der Waals surface area contributed by atoms with Crippen LogP contribution in [0.5, 0.6) is 0 Å². The van der Waals surface area contributed by atoms with Crippen LogP contribution in [0, 0.1) is 0 Å². The lowest BCUT2D eigenvalue weighted by molar-refractivity contribution is 0.0742. The summed E-state index contributed by atoms with van der Waals surface area (Å²) in [5.41, 5.74) is 2.66. The number of amides is 1. The van der Waals surface area contributed by atoms with Gasteiger partial charge in [0.15, 0.2) is 0 Å². The Morgan fingerprint density at radius 2 is 1.96 bits per heavy atom. The standard InChI is InChI=1S/C18H17BrN4O/c1-13(22(2)18(24)15-4-3-5-16(19)10-15)14-6-8-17(9-7-14)23-12-20-11-21-23/h3-13H,1-2H3/t13-/m1/s1. The Morgan fingerprint density at radius 1 is 1.21 bits per heavy atom. The Labute approximate surface area is 149 Å². The normalized spacial score (nSPS) is 12.0. The molecule has 3 rings (SSSR count). The topological polar surface area (TPSA) is 51.0 Å². The fourth-order valence-electron chi connectivity index (χ4n) is 2.47. The first-order chi connectivity index (χ1) is 11.6. The number of rotatable bonds is 4. The number of carbonyl (C=O) groups is 1. The molecular formula is C18H17BrN4O. The highest BCUT2D eigenvalue weighted by atomic mass is 79.9. The lowest BCUT2D eigenvalue weighted by Crippen LogP contribution is -2.29. The number of halogens is 1. The van der Waals surface area contributed by atoms with E-state index in [1.54, 1.807) is 15.9 Å². The molecule has 0 N–H and O–H groups in total. The van der Waals surface area contributed by atoms with Gasteiger partial charge < -0.3 is 4.90 Å². The van der Waals surface area contributed by atoms with Crippen LogP contribution in [-0.2, 0) is 0 Å². The summed E-state index contributed by atoms with van der Waals surface area (Å²) in [7, 11) is 1.82. The van der Waals surface area contributed by atoms with Gasteiger partial charge in [0.05, 0.1) is 11.7 Å². The Balaban J connectivity index is 1.78. The van der Waals surface area contributed by atoms with Gasteiger partial charge in [-0.3, -0.25) is 4.79 Å². The molecule has 122 valence electrons. The van der Waals surface area contributed by atoms with Crippen molar-refractivity contribution in [1.82, 2.24) is 19.7 Å². The van der Waals surface area contributed by atoms with Crippen molar-refractivity contribution in [1.29, 1.82) is 0 Å². The number of hydrogen-bond acceptors (Lipinski definition) is 3. The molecule has 3 aromatic rings. The smallest absolute Gasteiger partial charge is 0.254 e. The maximum atomic E-state index is 12.6. The maximum Gasteiger partial charge on any atom is 0.254 e. The van der Waals surface area contributed by atoms with Crippen LogP contribution in [0.15, 0.2) is 65.7 Å². The van der Waals surface area contributed by atoms with Crippen LogP contribution in [-0.4, -0.2) is 32.6 Å². The molecular weight excluding hydrogens is 368 g/mol. The summed E-state index contributed by atoms with van der Waals surface area (Å²) >= 11 is 3.40. The summed E-state index contributed by atoms with van der Waals surface area (Å²) in [5, 5.41) is 4.11. The lowest BCUT2D eigenvalue weighted by Gasteiger charge is -2.25. The Morgan fingerprint density at radius 3 is 2.58 bits per heavy atom. The summed E-state index contributed by atoms with van der Waals surface area (Å²) in [5.74, 6) is -0.0100. The van der Waals surface area contributed by atoms with Crippen molar-refractivity contribution in [2.45, 2.75) is 13.0 Å². The zero-order valence-electron chi connectivity index (χ0n) is 13.4. The second kappa shape index (κ2) is 6.97. The Kier molecular flexibility index (Phi) is 4.76. The summed E-state index contributed by atoms with van der Waals surface area (Å²) in [6.07, 6.45) is 3.16. The number of aromatic nitrogens is 3. The molecule has 0 spiro atoms. The lowest BCUT2D eigenvalue weighted by atomic mass is 10.1. The molecule has 1 amide bonds. The van der Waals surface area contributed by atoms with Crippen LogP contribution in [0.4, 0.5) is 0 Å². The van der Waals surface area contributed by atoms with Crippen LogP contribution in [0.3, 0.4) is 0 Å². The molecule has 0 aliphatic carbocycles. The van der Waals surface area contributed by atoms with E-state index in [0.717, 1.165) is 15.7 Å². The molecule has 0 bridgehead atoms. The highest BCUT2D eigenvalue weighted by molar-refractivity contribution is 9.10. The van der Waals surface area contributed by atoms with Gasteiger partial charge in [0.25, 0.3) is 5.91 Å². The van der Waals surface area contributed by atoms with Crippen LogP contribution in [0.2, 0.25) is 0 Å². The van der Waals surface area contributed by atoms with E-state index in [4.69, 9.17) is 0 Å². The van der Waals surface area contributed by atoms with E-state index in [-0.39, 0.29) is 11.9 Å². The van der Waals surface area contributed by atoms with Gasteiger partial charge in [0.1, 0.15) is 12.7 Å². The van der Waals surface area contributed by atoms with Gasteiger partial charge in [-0.1, -0.05) is 34.1 Å². The first kappa shape index (κ1) is 16.4. The second-order valence-electron chi connectivity index (χ2n) is 5.53. The van der Waals surface area contributed by atoms with Crippen LogP contribution in [0.25, 0.3) is 5.69 Å². The van der Waals surface area contributed by atoms with Gasteiger partial charge >= 0.3 is 0 Å². The van der Waals surface area contributed by atoms with E-state index in [0.29, 0.717) is 5.56 Å². The third kappa shape index (κ3) is 3.38. The predicted molar refractivity (Wildman–Crippen MR) is 96.0 cm³/mol. The second-order valence-corrected chi connectivity index (χ2v) is 6.45. The van der Waals surface area contributed by atoms with E-state index in [1.165, 1.54) is 6.33 Å². The fourth-order valence-corrected chi connectivity index (χ4v) is 2.87. The zero-order valence-corrected chi connectivity index (χ0v) is 15.0. The number of nitrogens with zero attached hydrogens (tertiary/aromatic N) is 4. The molecule has 0 aliphatic rings. The number of carbonyl (C=O) groups excluding carboxylic acids is 1. The maximum absolute atomic E-state index is 12.6. The minimum Gasteiger partial charge on any atom is -0.335 e. The van der Waals surface area contributed by atoms with E-state index >= 15 is 0 Å². The molecule has 6 heteroatoms. The molecule has 2 aromatic carbocycles. The monoisotopic (exact) mass is 384 g/mol. The van der Waals surface area contributed by atoms with E-state index in [2.05, 4.69) is 26.0 Å². The van der Waals surface area contributed by atoms with Crippen LogP contribution in [0.1, 0.15) is 28.9 Å². The molecule has 24 heavy (non-hydrogen) atoms. The molecule has 0 unspecified atom stereocenters. The molecule has 1 heterocycles.